The van der Waals surface area contributed by atoms with Crippen molar-refractivity contribution in [3.8, 4) is 0 Å². The lowest BCUT2D eigenvalue weighted by molar-refractivity contribution is -0.143. The average molecular weight is 348 g/mol. The summed E-state index contributed by atoms with van der Waals surface area (Å²) in [7, 11) is 1.67. The van der Waals surface area contributed by atoms with Gasteiger partial charge in [0.05, 0.1) is 13.1 Å². The number of halogens is 3. The van der Waals surface area contributed by atoms with Crippen molar-refractivity contribution in [3.63, 3.8) is 0 Å². The van der Waals surface area contributed by atoms with Gasteiger partial charge in [0.15, 0.2) is 5.96 Å². The lowest BCUT2D eigenvalue weighted by Gasteiger charge is -2.19. The molecule has 1 aliphatic rings. The molecule has 0 saturated carbocycles. The van der Waals surface area contributed by atoms with Crippen molar-refractivity contribution in [1.29, 1.82) is 0 Å². The Balaban J connectivity index is 1.77. The molecule has 0 radical (unpaired) electrons. The van der Waals surface area contributed by atoms with E-state index in [0.29, 0.717) is 32.0 Å². The van der Waals surface area contributed by atoms with Gasteiger partial charge in [0.25, 0.3) is 0 Å². The van der Waals surface area contributed by atoms with Gasteiger partial charge >= 0.3 is 6.18 Å². The van der Waals surface area contributed by atoms with Crippen LogP contribution in [0.15, 0.2) is 17.1 Å². The summed E-state index contributed by atoms with van der Waals surface area (Å²) in [6, 6.07) is 4.20. The number of rotatable bonds is 5. The molecule has 130 valence electrons. The lowest BCUT2D eigenvalue weighted by atomic mass is 10.3. The third-order valence-corrected chi connectivity index (χ3v) is 4.97. The Morgan fingerprint density at radius 2 is 2.13 bits per heavy atom. The highest BCUT2D eigenvalue weighted by molar-refractivity contribution is 7.11. The van der Waals surface area contributed by atoms with Crippen molar-refractivity contribution >= 4 is 17.3 Å². The van der Waals surface area contributed by atoms with E-state index < -0.39 is 12.7 Å². The van der Waals surface area contributed by atoms with E-state index in [1.165, 1.54) is 14.7 Å². The predicted molar refractivity (Wildman–Crippen MR) is 87.9 cm³/mol. The van der Waals surface area contributed by atoms with E-state index in [4.69, 9.17) is 0 Å². The Labute approximate surface area is 138 Å². The van der Waals surface area contributed by atoms with Crippen molar-refractivity contribution in [2.45, 2.75) is 38.5 Å². The zero-order chi connectivity index (χ0) is 16.9. The SMILES string of the molecule is CCc1ccc(CNC(=NC)NC2CCN(CC(F)(F)F)C2)s1. The summed E-state index contributed by atoms with van der Waals surface area (Å²) in [5, 5.41) is 6.43. The number of aryl methyl sites for hydroxylation is 1. The van der Waals surface area contributed by atoms with Crippen molar-refractivity contribution in [1.82, 2.24) is 15.5 Å². The summed E-state index contributed by atoms with van der Waals surface area (Å²) in [4.78, 5) is 8.13. The van der Waals surface area contributed by atoms with Crippen LogP contribution in [0.25, 0.3) is 0 Å². The van der Waals surface area contributed by atoms with Gasteiger partial charge in [-0.15, -0.1) is 11.3 Å². The molecule has 8 heteroatoms. The van der Waals surface area contributed by atoms with Crippen molar-refractivity contribution in [2.75, 3.05) is 26.7 Å². The zero-order valence-electron chi connectivity index (χ0n) is 13.4. The second-order valence-electron chi connectivity index (χ2n) is 5.63. The van der Waals surface area contributed by atoms with E-state index in [0.717, 1.165) is 6.42 Å². The number of guanidine groups is 1. The highest BCUT2D eigenvalue weighted by Gasteiger charge is 2.34. The maximum Gasteiger partial charge on any atom is 0.401 e. The topological polar surface area (TPSA) is 39.7 Å². The Morgan fingerprint density at radius 3 is 2.74 bits per heavy atom. The second kappa shape index (κ2) is 8.01. The maximum absolute atomic E-state index is 12.4. The van der Waals surface area contributed by atoms with Gasteiger partial charge in [-0.2, -0.15) is 13.2 Å². The minimum Gasteiger partial charge on any atom is -0.352 e. The van der Waals surface area contributed by atoms with Crippen LogP contribution in [0.1, 0.15) is 23.1 Å². The number of hydrogen-bond donors (Lipinski definition) is 2. The molecular weight excluding hydrogens is 325 g/mol. The number of thiophene rings is 1. The molecule has 2 N–H and O–H groups in total. The van der Waals surface area contributed by atoms with Crippen molar-refractivity contribution < 1.29 is 13.2 Å². The number of aliphatic imine (C=N–C) groups is 1. The van der Waals surface area contributed by atoms with Gasteiger partial charge in [0.2, 0.25) is 0 Å². The first-order chi connectivity index (χ1) is 10.9. The first-order valence-corrected chi connectivity index (χ1v) is 8.55. The molecule has 1 aromatic rings. The van der Waals surface area contributed by atoms with Crippen LogP contribution in [0.3, 0.4) is 0 Å². The molecule has 4 nitrogen and oxygen atoms in total. The molecule has 1 atom stereocenters. The summed E-state index contributed by atoms with van der Waals surface area (Å²) in [6.45, 7) is 2.80. The fraction of sp³-hybridized carbons (Fsp3) is 0.667. The van der Waals surface area contributed by atoms with Crippen LogP contribution >= 0.6 is 11.3 Å². The molecule has 0 amide bonds. The molecule has 2 heterocycles. The first kappa shape index (κ1) is 18.1. The Morgan fingerprint density at radius 1 is 1.39 bits per heavy atom. The van der Waals surface area contributed by atoms with Crippen LogP contribution in [0.4, 0.5) is 13.2 Å². The summed E-state index contributed by atoms with van der Waals surface area (Å²) in [5.74, 6) is 0.635. The van der Waals surface area contributed by atoms with E-state index in [9.17, 15) is 13.2 Å². The van der Waals surface area contributed by atoms with E-state index in [1.807, 2.05) is 0 Å². The summed E-state index contributed by atoms with van der Waals surface area (Å²) in [5.41, 5.74) is 0. The van der Waals surface area contributed by atoms with E-state index in [-0.39, 0.29) is 6.04 Å². The van der Waals surface area contributed by atoms with Gasteiger partial charge in [0, 0.05) is 35.9 Å². The largest absolute Gasteiger partial charge is 0.401 e. The van der Waals surface area contributed by atoms with E-state index >= 15 is 0 Å². The molecule has 1 aliphatic heterocycles. The Bertz CT molecular complexity index is 527. The van der Waals surface area contributed by atoms with Crippen molar-refractivity contribution in [2.24, 2.45) is 4.99 Å². The van der Waals surface area contributed by atoms with Gasteiger partial charge < -0.3 is 10.6 Å². The number of nitrogens with zero attached hydrogens (tertiary/aromatic N) is 2. The molecule has 0 aliphatic carbocycles. The Kier molecular flexibility index (Phi) is 6.29. The summed E-state index contributed by atoms with van der Waals surface area (Å²) >= 11 is 1.76. The van der Waals surface area contributed by atoms with Gasteiger partial charge in [-0.1, -0.05) is 6.92 Å². The smallest absolute Gasteiger partial charge is 0.352 e. The summed E-state index contributed by atoms with van der Waals surface area (Å²) < 4.78 is 37.2. The highest BCUT2D eigenvalue weighted by Crippen LogP contribution is 2.20. The molecule has 2 rings (SSSR count). The second-order valence-corrected chi connectivity index (χ2v) is 6.88. The quantitative estimate of drug-likeness (QED) is 0.635. The van der Waals surface area contributed by atoms with Gasteiger partial charge in [0.1, 0.15) is 0 Å². The molecule has 23 heavy (non-hydrogen) atoms. The molecule has 1 saturated heterocycles. The normalized spacial score (nSPS) is 20.0. The molecule has 0 spiro atoms. The summed E-state index contributed by atoms with van der Waals surface area (Å²) in [6.07, 6.45) is -2.42. The predicted octanol–water partition coefficient (Wildman–Crippen LogP) is 2.61. The fourth-order valence-electron chi connectivity index (χ4n) is 2.61. The minimum absolute atomic E-state index is 0.00177. The lowest BCUT2D eigenvalue weighted by Crippen LogP contribution is -2.44. The Hall–Kier alpha value is -1.28. The van der Waals surface area contributed by atoms with Crippen LogP contribution in [-0.2, 0) is 13.0 Å². The molecular formula is C15H23F3N4S. The molecule has 0 aromatic carbocycles. The number of hydrogen-bond acceptors (Lipinski definition) is 3. The zero-order valence-corrected chi connectivity index (χ0v) is 14.2. The minimum atomic E-state index is -4.13. The average Bonchev–Trinajstić information content (AvgIpc) is 3.10. The number of alkyl halides is 3. The van der Waals surface area contributed by atoms with Crippen LogP contribution in [0, 0.1) is 0 Å². The molecule has 1 fully saturated rings. The first-order valence-electron chi connectivity index (χ1n) is 7.73. The van der Waals surface area contributed by atoms with Crippen LogP contribution in [0.5, 0.6) is 0 Å². The standard InChI is InChI=1S/C15H23F3N4S/c1-3-12-4-5-13(23-12)8-20-14(19-2)21-11-6-7-22(9-11)10-15(16,17)18/h4-5,11H,3,6-10H2,1-2H3,(H2,19,20,21). The number of nitrogens with one attached hydrogen (secondary N) is 2. The van der Waals surface area contributed by atoms with E-state index in [2.05, 4.69) is 34.7 Å². The van der Waals surface area contributed by atoms with Gasteiger partial charge in [-0.25, -0.2) is 0 Å². The monoisotopic (exact) mass is 348 g/mol. The maximum atomic E-state index is 12.4. The van der Waals surface area contributed by atoms with Crippen LogP contribution in [0.2, 0.25) is 0 Å². The van der Waals surface area contributed by atoms with E-state index in [1.54, 1.807) is 18.4 Å². The van der Waals surface area contributed by atoms with Crippen LogP contribution < -0.4 is 10.6 Å². The third-order valence-electron chi connectivity index (χ3n) is 3.74. The molecule has 1 unspecified atom stereocenters. The number of likely N-dealkylation sites (tertiary alicyclic amines) is 1. The van der Waals surface area contributed by atoms with Gasteiger partial charge in [-0.3, -0.25) is 9.89 Å². The molecule has 1 aromatic heterocycles. The third kappa shape index (κ3) is 6.02. The van der Waals surface area contributed by atoms with Gasteiger partial charge in [-0.05, 0) is 25.0 Å². The van der Waals surface area contributed by atoms with Crippen molar-refractivity contribution in [3.05, 3.63) is 21.9 Å². The van der Waals surface area contributed by atoms with Crippen LogP contribution in [-0.4, -0.2) is 49.8 Å². The highest BCUT2D eigenvalue weighted by atomic mass is 32.1. The fourth-order valence-corrected chi connectivity index (χ4v) is 3.51. The molecule has 0 bridgehead atoms.